The van der Waals surface area contributed by atoms with Crippen LogP contribution in [0.2, 0.25) is 0 Å². The molecular formula is C11H21NO. The topological polar surface area (TPSA) is 12.5 Å². The third kappa shape index (κ3) is 1.75. The molecule has 2 heteroatoms. The van der Waals surface area contributed by atoms with Crippen LogP contribution in [0.15, 0.2) is 0 Å². The minimum Gasteiger partial charge on any atom is -0.378 e. The third-order valence-electron chi connectivity index (χ3n) is 3.86. The van der Waals surface area contributed by atoms with E-state index in [9.17, 15) is 0 Å². The largest absolute Gasteiger partial charge is 0.378 e. The summed E-state index contributed by atoms with van der Waals surface area (Å²) in [6.45, 7) is 6.62. The van der Waals surface area contributed by atoms with Crippen LogP contribution in [0.4, 0.5) is 0 Å². The number of hydrogen-bond donors (Lipinski definition) is 0. The fraction of sp³-hybridized carbons (Fsp3) is 1.00. The number of fused-ring (bicyclic) bond motifs is 2. The normalized spacial score (nSPS) is 41.1. The minimum atomic E-state index is 0.694. The van der Waals surface area contributed by atoms with Crippen LogP contribution in [0.5, 0.6) is 0 Å². The maximum atomic E-state index is 5.59. The zero-order valence-electron chi connectivity index (χ0n) is 8.99. The average Bonchev–Trinajstić information content (AvgIpc) is 2.02. The van der Waals surface area contributed by atoms with E-state index in [0.717, 1.165) is 25.0 Å². The first kappa shape index (κ1) is 9.47. The predicted molar refractivity (Wildman–Crippen MR) is 53.7 cm³/mol. The van der Waals surface area contributed by atoms with E-state index < -0.39 is 0 Å². The molecule has 76 valence electrons. The monoisotopic (exact) mass is 183 g/mol. The smallest absolute Gasteiger partial charge is 0.0622 e. The van der Waals surface area contributed by atoms with E-state index in [1.807, 2.05) is 0 Å². The molecular weight excluding hydrogens is 162 g/mol. The second-order valence-electron chi connectivity index (χ2n) is 4.99. The van der Waals surface area contributed by atoms with Crippen molar-refractivity contribution in [3.63, 3.8) is 0 Å². The van der Waals surface area contributed by atoms with Gasteiger partial charge in [-0.25, -0.2) is 0 Å². The molecule has 0 N–H and O–H groups in total. The molecule has 2 aliphatic heterocycles. The number of nitrogens with zero attached hydrogens (tertiary/aromatic N) is 1. The first-order chi connectivity index (χ1) is 6.18. The molecule has 2 bridgehead atoms. The lowest BCUT2D eigenvalue weighted by Crippen LogP contribution is -2.55. The maximum Gasteiger partial charge on any atom is 0.0622 e. The lowest BCUT2D eigenvalue weighted by Gasteiger charge is -2.47. The van der Waals surface area contributed by atoms with Gasteiger partial charge in [-0.05, 0) is 31.7 Å². The van der Waals surface area contributed by atoms with Crippen molar-refractivity contribution in [3.05, 3.63) is 0 Å². The van der Waals surface area contributed by atoms with Crippen molar-refractivity contribution >= 4 is 0 Å². The van der Waals surface area contributed by atoms with Gasteiger partial charge in [-0.15, -0.1) is 0 Å². The first-order valence-corrected chi connectivity index (χ1v) is 5.48. The predicted octanol–water partition coefficient (Wildman–Crippen LogP) is 1.75. The zero-order valence-corrected chi connectivity index (χ0v) is 8.99. The van der Waals surface area contributed by atoms with Crippen LogP contribution in [-0.2, 0) is 4.74 Å². The molecule has 0 aromatic carbocycles. The SMILES string of the molecule is CC(C)C1CC2COCC(C1)N2C. The van der Waals surface area contributed by atoms with Crippen molar-refractivity contribution in [2.75, 3.05) is 20.3 Å². The van der Waals surface area contributed by atoms with Gasteiger partial charge in [0.25, 0.3) is 0 Å². The van der Waals surface area contributed by atoms with Crippen molar-refractivity contribution in [1.29, 1.82) is 0 Å². The molecule has 0 spiro atoms. The minimum absolute atomic E-state index is 0.694. The van der Waals surface area contributed by atoms with Crippen molar-refractivity contribution in [3.8, 4) is 0 Å². The molecule has 0 radical (unpaired) electrons. The number of rotatable bonds is 1. The summed E-state index contributed by atoms with van der Waals surface area (Å²) >= 11 is 0. The second-order valence-corrected chi connectivity index (χ2v) is 4.99. The Bertz CT molecular complexity index is 167. The summed E-state index contributed by atoms with van der Waals surface area (Å²) < 4.78 is 5.59. The maximum absolute atomic E-state index is 5.59. The fourth-order valence-electron chi connectivity index (χ4n) is 2.68. The number of morpholine rings is 1. The number of hydrogen-bond acceptors (Lipinski definition) is 2. The van der Waals surface area contributed by atoms with E-state index in [-0.39, 0.29) is 0 Å². The molecule has 13 heavy (non-hydrogen) atoms. The van der Waals surface area contributed by atoms with Crippen LogP contribution in [0, 0.1) is 11.8 Å². The van der Waals surface area contributed by atoms with E-state index in [0.29, 0.717) is 12.1 Å². The van der Waals surface area contributed by atoms with E-state index in [4.69, 9.17) is 4.74 Å². The van der Waals surface area contributed by atoms with Gasteiger partial charge in [-0.1, -0.05) is 13.8 Å². The third-order valence-corrected chi connectivity index (χ3v) is 3.86. The Morgan fingerprint density at radius 3 is 2.15 bits per heavy atom. The fourth-order valence-corrected chi connectivity index (χ4v) is 2.68. The zero-order chi connectivity index (χ0) is 9.42. The lowest BCUT2D eigenvalue weighted by atomic mass is 9.79. The highest BCUT2D eigenvalue weighted by molar-refractivity contribution is 4.90. The quantitative estimate of drug-likeness (QED) is 0.614. The Morgan fingerprint density at radius 2 is 1.69 bits per heavy atom. The van der Waals surface area contributed by atoms with Crippen molar-refractivity contribution in [2.24, 2.45) is 11.8 Å². The van der Waals surface area contributed by atoms with Crippen molar-refractivity contribution < 1.29 is 4.74 Å². The molecule has 2 heterocycles. The first-order valence-electron chi connectivity index (χ1n) is 5.48. The van der Waals surface area contributed by atoms with Crippen LogP contribution in [-0.4, -0.2) is 37.2 Å². The second kappa shape index (κ2) is 3.58. The van der Waals surface area contributed by atoms with E-state index in [2.05, 4.69) is 25.8 Å². The Balaban J connectivity index is 2.03. The van der Waals surface area contributed by atoms with Gasteiger partial charge in [-0.2, -0.15) is 0 Å². The van der Waals surface area contributed by atoms with Gasteiger partial charge < -0.3 is 4.74 Å². The Labute approximate surface area is 81.3 Å². The van der Waals surface area contributed by atoms with Gasteiger partial charge in [-0.3, -0.25) is 4.90 Å². The van der Waals surface area contributed by atoms with Crippen LogP contribution in [0.1, 0.15) is 26.7 Å². The molecule has 0 aromatic heterocycles. The standard InChI is InChI=1S/C11H21NO/c1-8(2)9-4-10-6-13-7-11(5-9)12(10)3/h8-11H,4-7H2,1-3H3. The average molecular weight is 183 g/mol. The number of ether oxygens (including phenoxy) is 1. The Morgan fingerprint density at radius 1 is 1.15 bits per heavy atom. The molecule has 0 amide bonds. The van der Waals surface area contributed by atoms with Crippen LogP contribution in [0.3, 0.4) is 0 Å². The molecule has 2 aliphatic rings. The van der Waals surface area contributed by atoms with Crippen LogP contribution < -0.4 is 0 Å². The summed E-state index contributed by atoms with van der Waals surface area (Å²) in [5.74, 6) is 1.77. The van der Waals surface area contributed by atoms with Crippen molar-refractivity contribution in [1.82, 2.24) is 4.90 Å². The molecule has 0 saturated carbocycles. The van der Waals surface area contributed by atoms with Crippen molar-refractivity contribution in [2.45, 2.75) is 38.8 Å². The number of likely N-dealkylation sites (N-methyl/N-ethyl adjacent to an activating group) is 1. The van der Waals surface area contributed by atoms with Gasteiger partial charge >= 0.3 is 0 Å². The van der Waals surface area contributed by atoms with E-state index in [1.165, 1.54) is 12.8 Å². The molecule has 2 rings (SSSR count). The Hall–Kier alpha value is -0.0800. The lowest BCUT2D eigenvalue weighted by molar-refractivity contribution is -0.0803. The number of piperidine rings is 1. The van der Waals surface area contributed by atoms with E-state index in [1.54, 1.807) is 0 Å². The Kier molecular flexibility index (Phi) is 2.61. The summed E-state index contributed by atoms with van der Waals surface area (Å²) in [7, 11) is 2.26. The molecule has 0 aliphatic carbocycles. The van der Waals surface area contributed by atoms with Crippen LogP contribution >= 0.6 is 0 Å². The molecule has 0 aromatic rings. The van der Waals surface area contributed by atoms with Gasteiger partial charge in [0, 0.05) is 12.1 Å². The highest BCUT2D eigenvalue weighted by Gasteiger charge is 2.37. The summed E-state index contributed by atoms with van der Waals surface area (Å²) in [6, 6.07) is 1.39. The highest BCUT2D eigenvalue weighted by atomic mass is 16.5. The molecule has 2 nitrogen and oxygen atoms in total. The highest BCUT2D eigenvalue weighted by Crippen LogP contribution is 2.34. The van der Waals surface area contributed by atoms with Gasteiger partial charge in [0.05, 0.1) is 13.2 Å². The van der Waals surface area contributed by atoms with Gasteiger partial charge in [0.15, 0.2) is 0 Å². The summed E-state index contributed by atoms with van der Waals surface area (Å²) in [6.07, 6.45) is 2.68. The van der Waals surface area contributed by atoms with Gasteiger partial charge in [0.1, 0.15) is 0 Å². The van der Waals surface area contributed by atoms with Crippen LogP contribution in [0.25, 0.3) is 0 Å². The van der Waals surface area contributed by atoms with E-state index >= 15 is 0 Å². The summed E-state index contributed by atoms with van der Waals surface area (Å²) in [5.41, 5.74) is 0. The van der Waals surface area contributed by atoms with Gasteiger partial charge in [0.2, 0.25) is 0 Å². The molecule has 2 atom stereocenters. The molecule has 2 unspecified atom stereocenters. The molecule has 2 fully saturated rings. The summed E-state index contributed by atoms with van der Waals surface area (Å²) in [5, 5.41) is 0. The molecule has 2 saturated heterocycles. The summed E-state index contributed by atoms with van der Waals surface area (Å²) in [4.78, 5) is 2.53.